The monoisotopic (exact) mass is 685 g/mol. The lowest BCUT2D eigenvalue weighted by Gasteiger charge is -2.31. The second kappa shape index (κ2) is 12.9. The number of hydrogen-bond acceptors (Lipinski definition) is 7. The van der Waals surface area contributed by atoms with E-state index in [0.29, 0.717) is 11.1 Å². The SMILES string of the molecule is C/C(=C(\C(=O)OCC1COC(C)(C)O1)C(c1ccc(C#N)cc1)N(I)C(N)=O)N(C=N)c1cccc(C(F)(F)F)c1. The molecule has 2 aromatic carbocycles. The fourth-order valence-corrected chi connectivity index (χ4v) is 4.75. The fourth-order valence-electron chi connectivity index (χ4n) is 4.15. The van der Waals surface area contributed by atoms with Gasteiger partial charge in [-0.3, -0.25) is 8.52 Å². The highest BCUT2D eigenvalue weighted by atomic mass is 127. The predicted molar refractivity (Wildman–Crippen MR) is 151 cm³/mol. The number of anilines is 1. The Morgan fingerprint density at radius 2 is 1.95 bits per heavy atom. The Hall–Kier alpha value is -3.68. The summed E-state index contributed by atoms with van der Waals surface area (Å²) in [5, 5.41) is 17.2. The first-order chi connectivity index (χ1) is 19.2. The molecule has 0 aliphatic carbocycles. The number of allylic oxidation sites excluding steroid dienone is 1. The van der Waals surface area contributed by atoms with Crippen LogP contribution in [0, 0.1) is 16.7 Å². The van der Waals surface area contributed by atoms with Crippen molar-refractivity contribution < 1.29 is 37.0 Å². The van der Waals surface area contributed by atoms with Crippen LogP contribution in [0.25, 0.3) is 0 Å². The van der Waals surface area contributed by atoms with Gasteiger partial charge in [0.2, 0.25) is 0 Å². The molecule has 1 aliphatic rings. The lowest BCUT2D eigenvalue weighted by Crippen LogP contribution is -2.37. The van der Waals surface area contributed by atoms with Gasteiger partial charge in [0, 0.05) is 11.4 Å². The first kappa shape index (κ1) is 31.8. The van der Waals surface area contributed by atoms with Crippen LogP contribution in [0.1, 0.15) is 43.5 Å². The third-order valence-electron chi connectivity index (χ3n) is 6.09. The van der Waals surface area contributed by atoms with Crippen LogP contribution in [0.4, 0.5) is 23.7 Å². The van der Waals surface area contributed by atoms with Gasteiger partial charge in [-0.15, -0.1) is 0 Å². The fraction of sp³-hybridized carbons (Fsp3) is 0.333. The van der Waals surface area contributed by atoms with Gasteiger partial charge in [-0.05, 0) is 56.7 Å². The number of nitriles is 1. The summed E-state index contributed by atoms with van der Waals surface area (Å²) in [6.45, 7) is 4.72. The van der Waals surface area contributed by atoms with Crippen molar-refractivity contribution in [2.24, 2.45) is 5.73 Å². The van der Waals surface area contributed by atoms with Crippen LogP contribution in [-0.2, 0) is 25.2 Å². The van der Waals surface area contributed by atoms with Crippen LogP contribution >= 0.6 is 22.9 Å². The maximum atomic E-state index is 13.8. The van der Waals surface area contributed by atoms with Gasteiger partial charge in [-0.2, -0.15) is 18.4 Å². The summed E-state index contributed by atoms with van der Waals surface area (Å²) in [6, 6.07) is 9.99. The Morgan fingerprint density at radius 3 is 2.46 bits per heavy atom. The molecular weight excluding hydrogens is 658 g/mol. The Balaban J connectivity index is 2.17. The molecule has 2 atom stereocenters. The lowest BCUT2D eigenvalue weighted by atomic mass is 9.95. The topological polar surface area (TPSA) is 142 Å². The molecule has 2 amide bonds. The lowest BCUT2D eigenvalue weighted by molar-refractivity contribution is -0.155. The maximum Gasteiger partial charge on any atom is 0.416 e. The highest BCUT2D eigenvalue weighted by molar-refractivity contribution is 14.1. The summed E-state index contributed by atoms with van der Waals surface area (Å²) in [7, 11) is 0. The second-order valence-electron chi connectivity index (χ2n) is 9.38. The molecule has 1 saturated heterocycles. The zero-order valence-corrected chi connectivity index (χ0v) is 24.4. The van der Waals surface area contributed by atoms with Crippen molar-refractivity contribution in [3.63, 3.8) is 0 Å². The minimum Gasteiger partial charge on any atom is -0.459 e. The van der Waals surface area contributed by atoms with E-state index in [2.05, 4.69) is 0 Å². The van der Waals surface area contributed by atoms with E-state index in [4.69, 9.17) is 25.4 Å². The molecule has 2 unspecified atom stereocenters. The summed E-state index contributed by atoms with van der Waals surface area (Å²) in [4.78, 5) is 27.2. The molecule has 1 heterocycles. The van der Waals surface area contributed by atoms with Crippen molar-refractivity contribution in [2.45, 2.75) is 44.9 Å². The summed E-state index contributed by atoms with van der Waals surface area (Å²) in [5.74, 6) is -1.82. The van der Waals surface area contributed by atoms with E-state index in [1.165, 1.54) is 43.3 Å². The van der Waals surface area contributed by atoms with E-state index in [9.17, 15) is 28.0 Å². The number of urea groups is 1. The molecule has 0 aromatic heterocycles. The van der Waals surface area contributed by atoms with Crippen molar-refractivity contribution in [1.29, 1.82) is 10.7 Å². The van der Waals surface area contributed by atoms with Crippen LogP contribution < -0.4 is 10.6 Å². The van der Waals surface area contributed by atoms with Gasteiger partial charge in [0.1, 0.15) is 18.8 Å². The molecule has 2 aromatic rings. The molecule has 3 rings (SSSR count). The van der Waals surface area contributed by atoms with Crippen LogP contribution in [0.3, 0.4) is 0 Å². The van der Waals surface area contributed by atoms with E-state index < -0.39 is 41.7 Å². The van der Waals surface area contributed by atoms with Crippen LogP contribution in [0.5, 0.6) is 0 Å². The van der Waals surface area contributed by atoms with Crippen molar-refractivity contribution in [1.82, 2.24) is 3.11 Å². The molecule has 1 aliphatic heterocycles. The second-order valence-corrected chi connectivity index (χ2v) is 10.4. The van der Waals surface area contributed by atoms with Crippen molar-refractivity contribution in [2.75, 3.05) is 18.1 Å². The van der Waals surface area contributed by atoms with E-state index in [0.717, 1.165) is 26.5 Å². The largest absolute Gasteiger partial charge is 0.459 e. The molecule has 0 spiro atoms. The summed E-state index contributed by atoms with van der Waals surface area (Å²) in [5.41, 5.74) is 5.02. The minimum absolute atomic E-state index is 0.00878. The quantitative estimate of drug-likeness (QED) is 0.0896. The number of amides is 2. The normalized spacial score (nSPS) is 17.6. The zero-order chi connectivity index (χ0) is 30.5. The highest BCUT2D eigenvalue weighted by Gasteiger charge is 2.37. The number of ether oxygens (including phenoxy) is 3. The average molecular weight is 685 g/mol. The number of benzene rings is 2. The first-order valence-corrected chi connectivity index (χ1v) is 13.1. The molecule has 3 N–H and O–H groups in total. The molecule has 10 nitrogen and oxygen atoms in total. The van der Waals surface area contributed by atoms with Gasteiger partial charge in [0.15, 0.2) is 5.79 Å². The Morgan fingerprint density at radius 1 is 1.29 bits per heavy atom. The predicted octanol–water partition coefficient (Wildman–Crippen LogP) is 5.43. The Bertz CT molecular complexity index is 1370. The van der Waals surface area contributed by atoms with Crippen LogP contribution in [-0.4, -0.2) is 46.6 Å². The number of carbonyl (C=O) groups excluding carboxylic acids is 2. The van der Waals surface area contributed by atoms with E-state index in [1.54, 1.807) is 36.7 Å². The number of hydrogen-bond donors (Lipinski definition) is 2. The van der Waals surface area contributed by atoms with Gasteiger partial charge < -0.3 is 24.8 Å². The molecule has 14 heteroatoms. The smallest absolute Gasteiger partial charge is 0.416 e. The number of nitrogens with two attached hydrogens (primary N) is 1. The van der Waals surface area contributed by atoms with Gasteiger partial charge in [0.05, 0.1) is 58.6 Å². The highest BCUT2D eigenvalue weighted by Crippen LogP contribution is 2.37. The van der Waals surface area contributed by atoms with Crippen molar-refractivity contribution >= 4 is 46.9 Å². The molecule has 218 valence electrons. The van der Waals surface area contributed by atoms with Crippen molar-refractivity contribution in [3.05, 3.63) is 76.5 Å². The first-order valence-electron chi connectivity index (χ1n) is 12.1. The number of halogens is 4. The zero-order valence-electron chi connectivity index (χ0n) is 22.2. The van der Waals surface area contributed by atoms with Gasteiger partial charge in [-0.25, -0.2) is 9.59 Å². The number of nitrogens with zero attached hydrogens (tertiary/aromatic N) is 3. The molecule has 0 bridgehead atoms. The number of primary amides is 1. The number of rotatable bonds is 9. The molecule has 41 heavy (non-hydrogen) atoms. The molecular formula is C27H27F3IN5O5. The summed E-state index contributed by atoms with van der Waals surface area (Å²) >= 11 is 1.62. The Labute approximate surface area is 248 Å². The number of alkyl halides is 3. The van der Waals surface area contributed by atoms with Crippen LogP contribution in [0.2, 0.25) is 0 Å². The van der Waals surface area contributed by atoms with E-state index in [-0.39, 0.29) is 30.2 Å². The third kappa shape index (κ3) is 7.75. The van der Waals surface area contributed by atoms with Crippen molar-refractivity contribution in [3.8, 4) is 6.07 Å². The number of nitrogens with one attached hydrogen (secondary N) is 1. The van der Waals surface area contributed by atoms with Gasteiger partial charge >= 0.3 is 18.2 Å². The average Bonchev–Trinajstić information content (AvgIpc) is 3.28. The summed E-state index contributed by atoms with van der Waals surface area (Å²) < 4.78 is 58.2. The van der Waals surface area contributed by atoms with Gasteiger partial charge in [0.25, 0.3) is 0 Å². The number of esters is 1. The van der Waals surface area contributed by atoms with E-state index in [1.807, 2.05) is 6.07 Å². The summed E-state index contributed by atoms with van der Waals surface area (Å²) in [6.07, 6.45) is -4.51. The molecule has 0 saturated carbocycles. The maximum absolute atomic E-state index is 13.8. The van der Waals surface area contributed by atoms with E-state index >= 15 is 0 Å². The van der Waals surface area contributed by atoms with Crippen LogP contribution in [0.15, 0.2) is 59.8 Å². The minimum atomic E-state index is -4.66. The number of carbonyl (C=O) groups is 2. The van der Waals surface area contributed by atoms with Gasteiger partial charge in [-0.1, -0.05) is 18.2 Å². The molecule has 0 radical (unpaired) electrons. The Kier molecular flexibility index (Phi) is 10.0. The molecule has 1 fully saturated rings. The standard InChI is InChI=1S/C27H27F3IN5O5/c1-16(35(15-33)20-6-4-5-19(11-20)27(28,29)30)22(24(37)39-13-21-14-40-26(2,3)41-21)23(36(31)25(34)38)18-9-7-17(12-32)8-10-18/h4-11,15,21,23,33H,13-14H2,1-3H3,(H2,34,38)/b22-16+,33-15?. The third-order valence-corrected chi connectivity index (χ3v) is 7.12.